The van der Waals surface area contributed by atoms with E-state index in [9.17, 15) is 13.6 Å². The number of hydrogen-bond donors (Lipinski definition) is 0. The molecular formula is C9H9F2NO2. The first-order valence-electron chi connectivity index (χ1n) is 3.90. The summed E-state index contributed by atoms with van der Waals surface area (Å²) in [6, 6.07) is 1.35. The molecule has 0 bridgehead atoms. The van der Waals surface area contributed by atoms with Gasteiger partial charge >= 0.3 is 5.97 Å². The molecule has 0 amide bonds. The van der Waals surface area contributed by atoms with Crippen LogP contribution in [0.3, 0.4) is 0 Å². The van der Waals surface area contributed by atoms with Crippen molar-refractivity contribution in [2.24, 2.45) is 0 Å². The standard InChI is InChI=1S/C9H9F2NO2/c1-5-6(9(13)14-2)3-4-12-7(5)8(10)11/h3-4,8H,1-2H3. The summed E-state index contributed by atoms with van der Waals surface area (Å²) in [5.41, 5.74) is -0.0972. The molecule has 0 aliphatic rings. The molecule has 0 fully saturated rings. The fourth-order valence-corrected chi connectivity index (χ4v) is 1.10. The Hall–Kier alpha value is -1.52. The molecule has 1 aromatic rings. The van der Waals surface area contributed by atoms with Crippen LogP contribution < -0.4 is 0 Å². The molecule has 1 rings (SSSR count). The molecular weight excluding hydrogens is 192 g/mol. The molecule has 0 aliphatic carbocycles. The number of carbonyl (C=O) groups is 1. The largest absolute Gasteiger partial charge is 0.465 e. The van der Waals surface area contributed by atoms with Crippen molar-refractivity contribution in [1.29, 1.82) is 0 Å². The number of halogens is 2. The number of nitrogens with zero attached hydrogens (tertiary/aromatic N) is 1. The molecule has 0 atom stereocenters. The molecule has 0 aromatic carbocycles. The first-order chi connectivity index (χ1) is 6.57. The molecule has 1 aromatic heterocycles. The minimum absolute atomic E-state index is 0.123. The Morgan fingerprint density at radius 2 is 2.21 bits per heavy atom. The van der Waals surface area contributed by atoms with Gasteiger partial charge in [-0.15, -0.1) is 0 Å². The van der Waals surface area contributed by atoms with Gasteiger partial charge in [-0.3, -0.25) is 4.98 Å². The summed E-state index contributed by atoms with van der Waals surface area (Å²) in [7, 11) is 1.20. The third kappa shape index (κ3) is 1.86. The van der Waals surface area contributed by atoms with E-state index in [-0.39, 0.29) is 16.8 Å². The monoisotopic (exact) mass is 201 g/mol. The van der Waals surface area contributed by atoms with Crippen LogP contribution in [0.4, 0.5) is 8.78 Å². The van der Waals surface area contributed by atoms with Crippen molar-refractivity contribution in [1.82, 2.24) is 4.98 Å². The number of rotatable bonds is 2. The van der Waals surface area contributed by atoms with Crippen molar-refractivity contribution in [3.8, 4) is 0 Å². The molecule has 1 heterocycles. The van der Waals surface area contributed by atoms with Gasteiger partial charge < -0.3 is 4.74 Å². The Balaban J connectivity index is 3.20. The van der Waals surface area contributed by atoms with Gasteiger partial charge in [-0.05, 0) is 18.6 Å². The molecule has 0 saturated carbocycles. The molecule has 5 heteroatoms. The Bertz CT molecular complexity index is 353. The van der Waals surface area contributed by atoms with Gasteiger partial charge in [0.2, 0.25) is 0 Å². The van der Waals surface area contributed by atoms with E-state index in [0.29, 0.717) is 0 Å². The Labute approximate surface area is 79.7 Å². The molecule has 0 spiro atoms. The highest BCUT2D eigenvalue weighted by Crippen LogP contribution is 2.22. The lowest BCUT2D eigenvalue weighted by Crippen LogP contribution is -2.07. The maximum Gasteiger partial charge on any atom is 0.338 e. The third-order valence-electron chi connectivity index (χ3n) is 1.86. The number of carbonyl (C=O) groups excluding carboxylic acids is 1. The van der Waals surface area contributed by atoms with Crippen LogP contribution in [0.15, 0.2) is 12.3 Å². The van der Waals surface area contributed by atoms with E-state index < -0.39 is 12.4 Å². The van der Waals surface area contributed by atoms with E-state index in [1.807, 2.05) is 0 Å². The zero-order chi connectivity index (χ0) is 10.7. The van der Waals surface area contributed by atoms with Crippen LogP contribution >= 0.6 is 0 Å². The zero-order valence-electron chi connectivity index (χ0n) is 7.75. The van der Waals surface area contributed by atoms with Crippen LogP contribution in [-0.4, -0.2) is 18.1 Å². The number of ether oxygens (including phenoxy) is 1. The molecule has 76 valence electrons. The second kappa shape index (κ2) is 4.13. The van der Waals surface area contributed by atoms with Crippen LogP contribution in [-0.2, 0) is 4.74 Å². The van der Waals surface area contributed by atoms with Crippen molar-refractivity contribution in [3.63, 3.8) is 0 Å². The minimum Gasteiger partial charge on any atom is -0.465 e. The number of alkyl halides is 2. The molecule has 0 aliphatic heterocycles. The SMILES string of the molecule is COC(=O)c1ccnc(C(F)F)c1C. The Morgan fingerprint density at radius 3 is 2.71 bits per heavy atom. The fraction of sp³-hybridized carbons (Fsp3) is 0.333. The summed E-state index contributed by atoms with van der Waals surface area (Å²) in [6.45, 7) is 1.42. The van der Waals surface area contributed by atoms with Gasteiger partial charge in [0.25, 0.3) is 6.43 Å². The summed E-state index contributed by atoms with van der Waals surface area (Å²) in [5.74, 6) is -0.633. The van der Waals surface area contributed by atoms with Gasteiger partial charge in [-0.2, -0.15) is 0 Å². The zero-order valence-corrected chi connectivity index (χ0v) is 7.75. The predicted molar refractivity (Wildman–Crippen MR) is 45.3 cm³/mol. The lowest BCUT2D eigenvalue weighted by molar-refractivity contribution is 0.0599. The van der Waals surface area contributed by atoms with Crippen molar-refractivity contribution in [3.05, 3.63) is 29.1 Å². The fourth-order valence-electron chi connectivity index (χ4n) is 1.10. The van der Waals surface area contributed by atoms with Crippen molar-refractivity contribution in [2.45, 2.75) is 13.3 Å². The van der Waals surface area contributed by atoms with Gasteiger partial charge in [0, 0.05) is 6.20 Å². The number of pyridine rings is 1. The maximum atomic E-state index is 12.4. The normalized spacial score (nSPS) is 10.4. The summed E-state index contributed by atoms with van der Waals surface area (Å²) < 4.78 is 29.2. The van der Waals surface area contributed by atoms with Crippen LogP contribution in [0.25, 0.3) is 0 Å². The first-order valence-corrected chi connectivity index (χ1v) is 3.90. The first kappa shape index (κ1) is 10.6. The Morgan fingerprint density at radius 1 is 1.57 bits per heavy atom. The smallest absolute Gasteiger partial charge is 0.338 e. The minimum atomic E-state index is -2.68. The average Bonchev–Trinajstić information content (AvgIpc) is 2.16. The van der Waals surface area contributed by atoms with Gasteiger partial charge in [-0.1, -0.05) is 0 Å². The molecule has 0 radical (unpaired) electrons. The molecule has 0 saturated heterocycles. The van der Waals surface area contributed by atoms with E-state index in [4.69, 9.17) is 0 Å². The lowest BCUT2D eigenvalue weighted by atomic mass is 10.1. The second-order valence-electron chi connectivity index (χ2n) is 2.66. The van der Waals surface area contributed by atoms with Gasteiger partial charge in [0.15, 0.2) is 0 Å². The van der Waals surface area contributed by atoms with Crippen LogP contribution in [0.2, 0.25) is 0 Å². The predicted octanol–water partition coefficient (Wildman–Crippen LogP) is 2.11. The highest BCUT2D eigenvalue weighted by Gasteiger charge is 2.18. The van der Waals surface area contributed by atoms with E-state index in [1.54, 1.807) is 0 Å². The lowest BCUT2D eigenvalue weighted by Gasteiger charge is -2.07. The van der Waals surface area contributed by atoms with Crippen molar-refractivity contribution >= 4 is 5.97 Å². The topological polar surface area (TPSA) is 39.2 Å². The Kier molecular flexibility index (Phi) is 3.11. The number of aromatic nitrogens is 1. The van der Waals surface area contributed by atoms with Gasteiger partial charge in [0.05, 0.1) is 12.7 Å². The van der Waals surface area contributed by atoms with Crippen LogP contribution in [0.5, 0.6) is 0 Å². The summed E-state index contributed by atoms with van der Waals surface area (Å²) in [5, 5.41) is 0. The number of esters is 1. The highest BCUT2D eigenvalue weighted by molar-refractivity contribution is 5.91. The van der Waals surface area contributed by atoms with Crippen molar-refractivity contribution < 1.29 is 18.3 Å². The van der Waals surface area contributed by atoms with Crippen LogP contribution in [0, 0.1) is 6.92 Å². The third-order valence-corrected chi connectivity index (χ3v) is 1.86. The molecule has 0 unspecified atom stereocenters. The molecule has 3 nitrogen and oxygen atoms in total. The average molecular weight is 201 g/mol. The quantitative estimate of drug-likeness (QED) is 0.688. The highest BCUT2D eigenvalue weighted by atomic mass is 19.3. The van der Waals surface area contributed by atoms with Gasteiger partial charge in [-0.25, -0.2) is 13.6 Å². The number of hydrogen-bond acceptors (Lipinski definition) is 3. The summed E-state index contributed by atoms with van der Waals surface area (Å²) in [6.07, 6.45) is -1.51. The van der Waals surface area contributed by atoms with E-state index in [2.05, 4.69) is 9.72 Å². The summed E-state index contributed by atoms with van der Waals surface area (Å²) >= 11 is 0. The maximum absolute atomic E-state index is 12.4. The number of methoxy groups -OCH3 is 1. The van der Waals surface area contributed by atoms with E-state index >= 15 is 0 Å². The van der Waals surface area contributed by atoms with Crippen molar-refractivity contribution in [2.75, 3.05) is 7.11 Å². The second-order valence-corrected chi connectivity index (χ2v) is 2.66. The summed E-state index contributed by atoms with van der Waals surface area (Å²) in [4.78, 5) is 14.6. The van der Waals surface area contributed by atoms with Gasteiger partial charge in [0.1, 0.15) is 5.69 Å². The van der Waals surface area contributed by atoms with E-state index in [0.717, 1.165) is 0 Å². The molecule has 14 heavy (non-hydrogen) atoms. The van der Waals surface area contributed by atoms with E-state index in [1.165, 1.54) is 26.3 Å². The van der Waals surface area contributed by atoms with Crippen LogP contribution in [0.1, 0.15) is 28.0 Å². The molecule has 0 N–H and O–H groups in total.